The molecule has 0 bridgehead atoms. The van der Waals surface area contributed by atoms with E-state index in [2.05, 4.69) is 10.0 Å². The lowest BCUT2D eigenvalue weighted by Crippen LogP contribution is -2.25. The van der Waals surface area contributed by atoms with Crippen LogP contribution < -0.4 is 14.8 Å². The highest BCUT2D eigenvalue weighted by Gasteiger charge is 2.28. The van der Waals surface area contributed by atoms with Crippen LogP contribution in [0.15, 0.2) is 53.4 Å². The summed E-state index contributed by atoms with van der Waals surface area (Å²) in [7, 11) is -3.51. The average molecular weight is 401 g/mol. The minimum Gasteiger partial charge on any atom is -0.490 e. The molecule has 2 N–H and O–H groups in total. The molecule has 2 fully saturated rings. The maximum absolute atomic E-state index is 12.4. The third-order valence-electron chi connectivity index (χ3n) is 5.04. The fourth-order valence-corrected chi connectivity index (χ4v) is 4.60. The smallest absolute Gasteiger partial charge is 0.255 e. The van der Waals surface area contributed by atoms with Crippen molar-refractivity contribution < 1.29 is 17.9 Å². The van der Waals surface area contributed by atoms with Gasteiger partial charge in [-0.25, -0.2) is 13.1 Å². The highest BCUT2D eigenvalue weighted by Crippen LogP contribution is 2.25. The quantitative estimate of drug-likeness (QED) is 0.742. The monoisotopic (exact) mass is 400 g/mol. The molecule has 6 nitrogen and oxygen atoms in total. The number of hydrogen-bond donors (Lipinski definition) is 2. The summed E-state index contributed by atoms with van der Waals surface area (Å²) in [6.07, 6.45) is 6.69. The minimum absolute atomic E-state index is 0.0496. The Morgan fingerprint density at radius 3 is 2.14 bits per heavy atom. The molecular weight excluding hydrogens is 376 g/mol. The summed E-state index contributed by atoms with van der Waals surface area (Å²) in [6, 6.07) is 13.3. The first-order valence-electron chi connectivity index (χ1n) is 9.70. The van der Waals surface area contributed by atoms with Crippen LogP contribution in [-0.4, -0.2) is 26.5 Å². The molecule has 4 rings (SSSR count). The zero-order chi connectivity index (χ0) is 19.6. The van der Waals surface area contributed by atoms with Gasteiger partial charge in [-0.3, -0.25) is 4.79 Å². The highest BCUT2D eigenvalue weighted by molar-refractivity contribution is 7.89. The van der Waals surface area contributed by atoms with Gasteiger partial charge in [0.25, 0.3) is 5.91 Å². The van der Waals surface area contributed by atoms with Crippen molar-refractivity contribution in [2.75, 3.05) is 5.32 Å². The third-order valence-corrected chi connectivity index (χ3v) is 6.58. The lowest BCUT2D eigenvalue weighted by molar-refractivity contribution is 0.102. The summed E-state index contributed by atoms with van der Waals surface area (Å²) in [4.78, 5) is 12.6. The molecule has 0 heterocycles. The molecule has 148 valence electrons. The van der Waals surface area contributed by atoms with E-state index in [4.69, 9.17) is 4.74 Å². The Bertz CT molecular complexity index is 929. The molecule has 2 aliphatic rings. The van der Waals surface area contributed by atoms with E-state index in [0.29, 0.717) is 17.4 Å². The fourth-order valence-electron chi connectivity index (χ4n) is 3.29. The van der Waals surface area contributed by atoms with Crippen LogP contribution in [0.4, 0.5) is 5.69 Å². The van der Waals surface area contributed by atoms with Crippen LogP contribution in [0, 0.1) is 0 Å². The predicted octanol–water partition coefficient (Wildman–Crippen LogP) is 3.70. The molecule has 1 amide bonds. The number of hydrogen-bond acceptors (Lipinski definition) is 4. The zero-order valence-electron chi connectivity index (χ0n) is 15.6. The van der Waals surface area contributed by atoms with Crippen molar-refractivity contribution in [3.05, 3.63) is 54.1 Å². The van der Waals surface area contributed by atoms with Gasteiger partial charge in [-0.05, 0) is 87.1 Å². The highest BCUT2D eigenvalue weighted by atomic mass is 32.2. The number of carbonyl (C=O) groups excluding carboxylic acids is 1. The van der Waals surface area contributed by atoms with Crippen LogP contribution in [0.5, 0.6) is 5.75 Å². The number of ether oxygens (including phenoxy) is 1. The molecule has 0 aliphatic heterocycles. The van der Waals surface area contributed by atoms with Gasteiger partial charge in [-0.2, -0.15) is 0 Å². The molecule has 28 heavy (non-hydrogen) atoms. The summed E-state index contributed by atoms with van der Waals surface area (Å²) in [5.74, 6) is 0.520. The van der Waals surface area contributed by atoms with Crippen molar-refractivity contribution in [1.29, 1.82) is 0 Å². The number of amides is 1. The van der Waals surface area contributed by atoms with E-state index in [-0.39, 0.29) is 16.8 Å². The van der Waals surface area contributed by atoms with Crippen LogP contribution >= 0.6 is 0 Å². The van der Waals surface area contributed by atoms with Crippen molar-refractivity contribution in [2.45, 2.75) is 55.6 Å². The SMILES string of the molecule is O=C(Nc1ccc(OC2CCCC2)cc1)c1ccc(S(=O)(=O)NC2CC2)cc1. The number of benzene rings is 2. The van der Waals surface area contributed by atoms with Crippen molar-refractivity contribution in [3.63, 3.8) is 0 Å². The van der Waals surface area contributed by atoms with Crippen molar-refractivity contribution in [2.24, 2.45) is 0 Å². The number of nitrogens with one attached hydrogen (secondary N) is 2. The minimum atomic E-state index is -3.51. The Morgan fingerprint density at radius 2 is 1.54 bits per heavy atom. The maximum atomic E-state index is 12.4. The summed E-state index contributed by atoms with van der Waals surface area (Å²) in [5, 5.41) is 2.82. The molecule has 0 spiro atoms. The van der Waals surface area contributed by atoms with Gasteiger partial charge in [0.05, 0.1) is 11.0 Å². The van der Waals surface area contributed by atoms with E-state index in [1.54, 1.807) is 12.1 Å². The second-order valence-corrected chi connectivity index (χ2v) is 9.14. The number of rotatable bonds is 7. The summed E-state index contributed by atoms with van der Waals surface area (Å²) in [5.41, 5.74) is 1.06. The molecular formula is C21H24N2O4S. The molecule has 0 radical (unpaired) electrons. The maximum Gasteiger partial charge on any atom is 0.255 e. The molecule has 0 aromatic heterocycles. The molecule has 2 aromatic carbocycles. The standard InChI is InChI=1S/C21H24N2O4S/c24-21(15-5-13-20(14-6-15)28(25,26)23-17-7-8-17)22-16-9-11-19(12-10-16)27-18-3-1-2-4-18/h5-6,9-14,17-18,23H,1-4,7-8H2,(H,22,24). The normalized spacial score (nSPS) is 17.4. The van der Waals surface area contributed by atoms with Crippen LogP contribution in [0.3, 0.4) is 0 Å². The Labute approximate surface area is 165 Å². The third kappa shape index (κ3) is 4.72. The van der Waals surface area contributed by atoms with Gasteiger partial charge in [0, 0.05) is 17.3 Å². The largest absolute Gasteiger partial charge is 0.490 e. The zero-order valence-corrected chi connectivity index (χ0v) is 16.4. The lowest BCUT2D eigenvalue weighted by atomic mass is 10.2. The molecule has 2 aliphatic carbocycles. The van der Waals surface area contributed by atoms with Crippen LogP contribution in [0.2, 0.25) is 0 Å². The van der Waals surface area contributed by atoms with Crippen molar-refractivity contribution in [3.8, 4) is 5.75 Å². The molecule has 2 saturated carbocycles. The van der Waals surface area contributed by atoms with Gasteiger partial charge in [0.1, 0.15) is 5.75 Å². The lowest BCUT2D eigenvalue weighted by Gasteiger charge is -2.13. The van der Waals surface area contributed by atoms with E-state index >= 15 is 0 Å². The number of carbonyl (C=O) groups is 1. The molecule has 7 heteroatoms. The summed E-state index contributed by atoms with van der Waals surface area (Å²) < 4.78 is 32.9. The van der Waals surface area contributed by atoms with Gasteiger partial charge >= 0.3 is 0 Å². The molecule has 0 atom stereocenters. The predicted molar refractivity (Wildman–Crippen MR) is 107 cm³/mol. The van der Waals surface area contributed by atoms with Crippen LogP contribution in [0.1, 0.15) is 48.9 Å². The fraction of sp³-hybridized carbons (Fsp3) is 0.381. The average Bonchev–Trinajstić information content (AvgIpc) is 3.34. The number of sulfonamides is 1. The van der Waals surface area contributed by atoms with Gasteiger partial charge in [-0.15, -0.1) is 0 Å². The Kier molecular flexibility index (Phi) is 5.37. The second-order valence-electron chi connectivity index (χ2n) is 7.42. The van der Waals surface area contributed by atoms with E-state index in [1.807, 2.05) is 12.1 Å². The van der Waals surface area contributed by atoms with Crippen LogP contribution in [0.25, 0.3) is 0 Å². The van der Waals surface area contributed by atoms with Crippen LogP contribution in [-0.2, 0) is 10.0 Å². The first kappa shape index (κ1) is 19.0. The molecule has 0 saturated heterocycles. The Hall–Kier alpha value is -2.38. The van der Waals surface area contributed by atoms with E-state index in [9.17, 15) is 13.2 Å². The topological polar surface area (TPSA) is 84.5 Å². The molecule has 0 unspecified atom stereocenters. The first-order valence-corrected chi connectivity index (χ1v) is 11.2. The van der Waals surface area contributed by atoms with E-state index in [0.717, 1.165) is 31.4 Å². The van der Waals surface area contributed by atoms with Crippen molar-refractivity contribution >= 4 is 21.6 Å². The number of anilines is 1. The summed E-state index contributed by atoms with van der Waals surface area (Å²) >= 11 is 0. The summed E-state index contributed by atoms with van der Waals surface area (Å²) in [6.45, 7) is 0. The van der Waals surface area contributed by atoms with Gasteiger partial charge in [0.2, 0.25) is 10.0 Å². The molecule has 2 aromatic rings. The first-order chi connectivity index (χ1) is 13.5. The van der Waals surface area contributed by atoms with Crippen molar-refractivity contribution in [1.82, 2.24) is 4.72 Å². The second kappa shape index (κ2) is 7.93. The Morgan fingerprint density at radius 1 is 0.893 bits per heavy atom. The van der Waals surface area contributed by atoms with Gasteiger partial charge in [-0.1, -0.05) is 0 Å². The van der Waals surface area contributed by atoms with Gasteiger partial charge in [0.15, 0.2) is 0 Å². The Balaban J connectivity index is 1.36. The van der Waals surface area contributed by atoms with E-state index < -0.39 is 10.0 Å². The van der Waals surface area contributed by atoms with Gasteiger partial charge < -0.3 is 10.1 Å². The van der Waals surface area contributed by atoms with E-state index in [1.165, 1.54) is 37.1 Å².